The molecule has 1 aliphatic rings. The molecule has 4 heterocycles. The monoisotopic (exact) mass is 390 g/mol. The lowest BCUT2D eigenvalue weighted by molar-refractivity contribution is 0.102. The van der Waals surface area contributed by atoms with E-state index in [1.165, 1.54) is 0 Å². The standard InChI is InChI=1S/C22H26N6O/c1-2-28-13-10-21(26-28)25-22(29)17-8-9-20(24-14-17)18-6-5-12-27(15-18)16-19-7-3-4-11-23-19/h3-4,7-11,13-14,18H,2,5-6,12,15-16H2,1H3,(H,25,26,29)/t18-/m1/s1. The second-order valence-corrected chi connectivity index (χ2v) is 7.38. The summed E-state index contributed by atoms with van der Waals surface area (Å²) in [5, 5.41) is 7.10. The lowest BCUT2D eigenvalue weighted by atomic mass is 9.94. The maximum absolute atomic E-state index is 12.4. The van der Waals surface area contributed by atoms with E-state index in [9.17, 15) is 4.79 Å². The first-order valence-electron chi connectivity index (χ1n) is 10.1. The van der Waals surface area contributed by atoms with Crippen LogP contribution < -0.4 is 5.32 Å². The van der Waals surface area contributed by atoms with Crippen molar-refractivity contribution in [3.8, 4) is 0 Å². The molecule has 1 aliphatic heterocycles. The van der Waals surface area contributed by atoms with Crippen LogP contribution in [0.3, 0.4) is 0 Å². The third-order valence-electron chi connectivity index (χ3n) is 5.29. The molecule has 3 aromatic rings. The van der Waals surface area contributed by atoms with Gasteiger partial charge in [0.1, 0.15) is 0 Å². The Labute approximate surface area is 170 Å². The van der Waals surface area contributed by atoms with E-state index in [2.05, 4.69) is 31.3 Å². The van der Waals surface area contributed by atoms with E-state index in [-0.39, 0.29) is 5.91 Å². The third-order valence-corrected chi connectivity index (χ3v) is 5.29. The molecule has 0 radical (unpaired) electrons. The highest BCUT2D eigenvalue weighted by molar-refractivity contribution is 6.03. The van der Waals surface area contributed by atoms with Crippen LogP contribution in [0.4, 0.5) is 5.82 Å². The minimum atomic E-state index is -0.189. The first-order valence-corrected chi connectivity index (χ1v) is 10.1. The molecule has 150 valence electrons. The van der Waals surface area contributed by atoms with Crippen LogP contribution in [0.25, 0.3) is 0 Å². The molecule has 0 aliphatic carbocycles. The van der Waals surface area contributed by atoms with Crippen molar-refractivity contribution in [2.75, 3.05) is 18.4 Å². The van der Waals surface area contributed by atoms with Gasteiger partial charge in [0.2, 0.25) is 0 Å². The number of amides is 1. The molecular formula is C22H26N6O. The molecule has 1 saturated heterocycles. The van der Waals surface area contributed by atoms with E-state index < -0.39 is 0 Å². The van der Waals surface area contributed by atoms with Crippen LogP contribution in [0, 0.1) is 0 Å². The molecule has 1 fully saturated rings. The highest BCUT2D eigenvalue weighted by atomic mass is 16.1. The van der Waals surface area contributed by atoms with Crippen molar-refractivity contribution < 1.29 is 4.79 Å². The molecule has 0 aromatic carbocycles. The highest BCUT2D eigenvalue weighted by Gasteiger charge is 2.23. The van der Waals surface area contributed by atoms with Gasteiger partial charge in [0, 0.05) is 55.9 Å². The SMILES string of the molecule is CCn1ccc(NC(=O)c2ccc([C@@H]3CCCN(Cc4ccccn4)C3)nc2)n1. The average molecular weight is 390 g/mol. The number of nitrogens with zero attached hydrogens (tertiary/aromatic N) is 5. The summed E-state index contributed by atoms with van der Waals surface area (Å²) < 4.78 is 1.77. The van der Waals surface area contributed by atoms with Crippen molar-refractivity contribution in [2.45, 2.75) is 38.8 Å². The Morgan fingerprint density at radius 3 is 2.86 bits per heavy atom. The van der Waals surface area contributed by atoms with Crippen molar-refractivity contribution in [2.24, 2.45) is 0 Å². The van der Waals surface area contributed by atoms with Gasteiger partial charge < -0.3 is 5.32 Å². The molecule has 1 atom stereocenters. The number of nitrogens with one attached hydrogen (secondary N) is 1. The van der Waals surface area contributed by atoms with E-state index in [1.54, 1.807) is 16.9 Å². The largest absolute Gasteiger partial charge is 0.305 e. The zero-order valence-corrected chi connectivity index (χ0v) is 16.7. The molecule has 0 spiro atoms. The Hall–Kier alpha value is -3.06. The fraction of sp³-hybridized carbons (Fsp3) is 0.364. The minimum absolute atomic E-state index is 0.189. The molecule has 4 rings (SSSR count). The fourth-order valence-electron chi connectivity index (χ4n) is 3.74. The van der Waals surface area contributed by atoms with Crippen molar-refractivity contribution >= 4 is 11.7 Å². The second kappa shape index (κ2) is 8.96. The van der Waals surface area contributed by atoms with Crippen LogP contribution in [0.1, 0.15) is 47.4 Å². The number of anilines is 1. The summed E-state index contributed by atoms with van der Waals surface area (Å²) in [6, 6.07) is 11.7. The van der Waals surface area contributed by atoms with Gasteiger partial charge in [-0.25, -0.2) is 0 Å². The van der Waals surface area contributed by atoms with Crippen LogP contribution in [0.2, 0.25) is 0 Å². The topological polar surface area (TPSA) is 75.9 Å². The Morgan fingerprint density at radius 1 is 1.21 bits per heavy atom. The molecular weight excluding hydrogens is 364 g/mol. The van der Waals surface area contributed by atoms with Gasteiger partial charge in [0.05, 0.1) is 11.3 Å². The number of aromatic nitrogens is 4. The second-order valence-electron chi connectivity index (χ2n) is 7.38. The van der Waals surface area contributed by atoms with Gasteiger partial charge in [-0.3, -0.25) is 24.3 Å². The third kappa shape index (κ3) is 4.86. The van der Waals surface area contributed by atoms with E-state index in [0.717, 1.165) is 50.4 Å². The molecule has 1 amide bonds. The normalized spacial score (nSPS) is 17.2. The van der Waals surface area contributed by atoms with Gasteiger partial charge in [-0.05, 0) is 50.6 Å². The number of carbonyl (C=O) groups is 1. The Morgan fingerprint density at radius 2 is 2.14 bits per heavy atom. The summed E-state index contributed by atoms with van der Waals surface area (Å²) in [7, 11) is 0. The molecule has 7 nitrogen and oxygen atoms in total. The summed E-state index contributed by atoms with van der Waals surface area (Å²) in [5.74, 6) is 0.744. The van der Waals surface area contributed by atoms with Gasteiger partial charge in [-0.15, -0.1) is 0 Å². The maximum atomic E-state index is 12.4. The number of rotatable bonds is 6. The van der Waals surface area contributed by atoms with Crippen molar-refractivity contribution in [3.05, 3.63) is 71.9 Å². The van der Waals surface area contributed by atoms with Crippen LogP contribution in [-0.4, -0.2) is 43.6 Å². The highest BCUT2D eigenvalue weighted by Crippen LogP contribution is 2.26. The van der Waals surface area contributed by atoms with Crippen LogP contribution in [0.15, 0.2) is 55.0 Å². The van der Waals surface area contributed by atoms with E-state index in [4.69, 9.17) is 0 Å². The van der Waals surface area contributed by atoms with Crippen molar-refractivity contribution in [1.29, 1.82) is 0 Å². The van der Waals surface area contributed by atoms with Crippen molar-refractivity contribution in [3.63, 3.8) is 0 Å². The average Bonchev–Trinajstić information content (AvgIpc) is 3.22. The van der Waals surface area contributed by atoms with Gasteiger partial charge in [-0.1, -0.05) is 6.07 Å². The zero-order valence-electron chi connectivity index (χ0n) is 16.7. The number of hydrogen-bond acceptors (Lipinski definition) is 5. The van der Waals surface area contributed by atoms with Crippen LogP contribution in [-0.2, 0) is 13.1 Å². The van der Waals surface area contributed by atoms with E-state index >= 15 is 0 Å². The van der Waals surface area contributed by atoms with Crippen molar-refractivity contribution in [1.82, 2.24) is 24.6 Å². The quantitative estimate of drug-likeness (QED) is 0.699. The predicted molar refractivity (Wildman–Crippen MR) is 112 cm³/mol. The van der Waals surface area contributed by atoms with E-state index in [1.807, 2.05) is 43.6 Å². The molecule has 0 saturated carbocycles. The number of hydrogen-bond donors (Lipinski definition) is 1. The smallest absolute Gasteiger partial charge is 0.258 e. The number of piperidine rings is 1. The van der Waals surface area contributed by atoms with Crippen LogP contribution in [0.5, 0.6) is 0 Å². The molecule has 0 bridgehead atoms. The molecule has 29 heavy (non-hydrogen) atoms. The Kier molecular flexibility index (Phi) is 5.95. The summed E-state index contributed by atoms with van der Waals surface area (Å²) in [6.07, 6.45) is 7.61. The van der Waals surface area contributed by atoms with E-state index in [0.29, 0.717) is 17.3 Å². The first kappa shape index (κ1) is 19.3. The fourth-order valence-corrected chi connectivity index (χ4v) is 3.74. The number of likely N-dealkylation sites (tertiary alicyclic amines) is 1. The summed E-state index contributed by atoms with van der Waals surface area (Å²) >= 11 is 0. The number of pyridine rings is 2. The first-order chi connectivity index (χ1) is 14.2. The van der Waals surface area contributed by atoms with Gasteiger partial charge in [0.15, 0.2) is 5.82 Å². The Balaban J connectivity index is 1.37. The summed E-state index contributed by atoms with van der Waals surface area (Å²) in [5.41, 5.74) is 2.68. The predicted octanol–water partition coefficient (Wildman–Crippen LogP) is 3.32. The summed E-state index contributed by atoms with van der Waals surface area (Å²) in [4.78, 5) is 23.9. The Bertz CT molecular complexity index is 937. The minimum Gasteiger partial charge on any atom is -0.305 e. The van der Waals surface area contributed by atoms with Gasteiger partial charge in [0.25, 0.3) is 5.91 Å². The summed E-state index contributed by atoms with van der Waals surface area (Å²) in [6.45, 7) is 5.68. The number of carbonyl (C=O) groups excluding carboxylic acids is 1. The molecule has 7 heteroatoms. The molecule has 1 N–H and O–H groups in total. The van der Waals surface area contributed by atoms with Gasteiger partial charge >= 0.3 is 0 Å². The van der Waals surface area contributed by atoms with Gasteiger partial charge in [-0.2, -0.15) is 5.10 Å². The number of aryl methyl sites for hydroxylation is 1. The van der Waals surface area contributed by atoms with Crippen LogP contribution >= 0.6 is 0 Å². The maximum Gasteiger partial charge on any atom is 0.258 e. The lowest BCUT2D eigenvalue weighted by Gasteiger charge is -2.32. The molecule has 0 unspecified atom stereocenters. The lowest BCUT2D eigenvalue weighted by Crippen LogP contribution is -2.34. The zero-order chi connectivity index (χ0) is 20.1. The molecule has 3 aromatic heterocycles.